The molecule has 3 rings (SSSR count). The molecule has 1 heterocycles. The number of hydrogen-bond donors (Lipinski definition) is 2. The molecule has 1 aliphatic heterocycles. The summed E-state index contributed by atoms with van der Waals surface area (Å²) in [4.78, 5) is 24.5. The zero-order valence-electron chi connectivity index (χ0n) is 17.0. The molecule has 2 N–H and O–H groups in total. The van der Waals surface area contributed by atoms with Crippen molar-refractivity contribution >= 4 is 27.5 Å². The van der Waals surface area contributed by atoms with E-state index in [0.717, 1.165) is 12.8 Å². The SMILES string of the molecule is N#Cc1ccccc1NC(=O)C(=O)NCC[C@H]1CCCCN1S(=O)(=O)c1ccccc1. The Balaban J connectivity index is 1.57. The van der Waals surface area contributed by atoms with Crippen molar-refractivity contribution in [2.75, 3.05) is 18.4 Å². The van der Waals surface area contributed by atoms with Crippen LogP contribution >= 0.6 is 0 Å². The fourth-order valence-electron chi connectivity index (χ4n) is 3.61. The van der Waals surface area contributed by atoms with Crippen molar-refractivity contribution < 1.29 is 18.0 Å². The van der Waals surface area contributed by atoms with Crippen molar-refractivity contribution in [2.24, 2.45) is 0 Å². The molecule has 0 bridgehead atoms. The van der Waals surface area contributed by atoms with Crippen LogP contribution in [-0.4, -0.2) is 43.7 Å². The van der Waals surface area contributed by atoms with Gasteiger partial charge in [-0.15, -0.1) is 0 Å². The second kappa shape index (κ2) is 10.2. The topological polar surface area (TPSA) is 119 Å². The molecule has 2 amide bonds. The van der Waals surface area contributed by atoms with Crippen LogP contribution in [0.2, 0.25) is 0 Å². The lowest BCUT2D eigenvalue weighted by molar-refractivity contribution is -0.136. The number of nitriles is 1. The Kier molecular flexibility index (Phi) is 7.39. The molecular weight excluding hydrogens is 416 g/mol. The first-order chi connectivity index (χ1) is 14.9. The molecule has 8 nitrogen and oxygen atoms in total. The highest BCUT2D eigenvalue weighted by Crippen LogP contribution is 2.26. The van der Waals surface area contributed by atoms with Crippen LogP contribution < -0.4 is 10.6 Å². The van der Waals surface area contributed by atoms with E-state index in [0.29, 0.717) is 19.4 Å². The average molecular weight is 441 g/mol. The van der Waals surface area contributed by atoms with E-state index in [1.165, 1.54) is 10.4 Å². The smallest absolute Gasteiger partial charge is 0.313 e. The van der Waals surface area contributed by atoms with E-state index in [9.17, 15) is 18.0 Å². The Hall–Kier alpha value is -3.22. The van der Waals surface area contributed by atoms with Crippen molar-refractivity contribution in [1.82, 2.24) is 9.62 Å². The van der Waals surface area contributed by atoms with Gasteiger partial charge in [-0.25, -0.2) is 8.42 Å². The molecule has 0 aromatic heterocycles. The second-order valence-corrected chi connectivity index (χ2v) is 9.13. The number of nitrogens with one attached hydrogen (secondary N) is 2. The fraction of sp³-hybridized carbons (Fsp3) is 0.318. The number of hydrogen-bond acceptors (Lipinski definition) is 5. The maximum absolute atomic E-state index is 13.0. The molecule has 0 radical (unpaired) electrons. The molecular formula is C22H24N4O4S. The monoisotopic (exact) mass is 440 g/mol. The Labute approximate surface area is 181 Å². The third-order valence-electron chi connectivity index (χ3n) is 5.19. The minimum atomic E-state index is -3.62. The number of piperidine rings is 1. The Bertz CT molecular complexity index is 1080. The summed E-state index contributed by atoms with van der Waals surface area (Å²) in [5.41, 5.74) is 0.519. The van der Waals surface area contributed by atoms with Gasteiger partial charge in [0.15, 0.2) is 0 Å². The number of anilines is 1. The first kappa shape index (κ1) is 22.5. The van der Waals surface area contributed by atoms with Gasteiger partial charge in [0.05, 0.1) is 16.1 Å². The van der Waals surface area contributed by atoms with Crippen LogP contribution in [0.4, 0.5) is 5.69 Å². The number of nitrogens with zero attached hydrogens (tertiary/aromatic N) is 2. The highest BCUT2D eigenvalue weighted by molar-refractivity contribution is 7.89. The predicted molar refractivity (Wildman–Crippen MR) is 115 cm³/mol. The van der Waals surface area contributed by atoms with Crippen LogP contribution in [0.25, 0.3) is 0 Å². The molecule has 31 heavy (non-hydrogen) atoms. The van der Waals surface area contributed by atoms with Crippen molar-refractivity contribution in [3.8, 4) is 6.07 Å². The normalized spacial score (nSPS) is 16.8. The first-order valence-corrected chi connectivity index (χ1v) is 11.5. The predicted octanol–water partition coefficient (Wildman–Crippen LogP) is 2.25. The number of amides is 2. The van der Waals surface area contributed by atoms with E-state index in [-0.39, 0.29) is 28.7 Å². The fourth-order valence-corrected chi connectivity index (χ4v) is 5.35. The summed E-state index contributed by atoms with van der Waals surface area (Å²) >= 11 is 0. The third kappa shape index (κ3) is 5.48. The molecule has 2 aromatic carbocycles. The van der Waals surface area contributed by atoms with Crippen LogP contribution in [0.3, 0.4) is 0 Å². The number of para-hydroxylation sites is 1. The second-order valence-electron chi connectivity index (χ2n) is 7.23. The lowest BCUT2D eigenvalue weighted by atomic mass is 10.0. The van der Waals surface area contributed by atoms with Crippen LogP contribution in [-0.2, 0) is 19.6 Å². The van der Waals surface area contributed by atoms with Gasteiger partial charge in [0.25, 0.3) is 0 Å². The number of rotatable bonds is 6. The first-order valence-electron chi connectivity index (χ1n) is 10.1. The lowest BCUT2D eigenvalue weighted by Gasteiger charge is -2.34. The highest BCUT2D eigenvalue weighted by Gasteiger charge is 2.33. The van der Waals surface area contributed by atoms with Crippen molar-refractivity contribution in [2.45, 2.75) is 36.6 Å². The molecule has 1 fully saturated rings. The quantitative estimate of drug-likeness (QED) is 0.668. The number of carbonyl (C=O) groups is 2. The number of sulfonamides is 1. The van der Waals surface area contributed by atoms with Gasteiger partial charge in [-0.2, -0.15) is 9.57 Å². The summed E-state index contributed by atoms with van der Waals surface area (Å²) in [6.07, 6.45) is 2.80. The molecule has 0 saturated carbocycles. The Morgan fingerprint density at radius 2 is 1.74 bits per heavy atom. The van der Waals surface area contributed by atoms with E-state index < -0.39 is 21.8 Å². The Morgan fingerprint density at radius 3 is 2.48 bits per heavy atom. The summed E-state index contributed by atoms with van der Waals surface area (Å²) in [5, 5.41) is 14.0. The van der Waals surface area contributed by atoms with Crippen molar-refractivity contribution in [3.63, 3.8) is 0 Å². The highest BCUT2D eigenvalue weighted by atomic mass is 32.2. The maximum Gasteiger partial charge on any atom is 0.313 e. The van der Waals surface area contributed by atoms with E-state index in [2.05, 4.69) is 10.6 Å². The van der Waals surface area contributed by atoms with Gasteiger partial charge in [-0.1, -0.05) is 36.8 Å². The standard InChI is InChI=1S/C22H24N4O4S/c23-16-17-8-4-5-12-20(17)25-22(28)21(27)24-14-13-18-9-6-7-15-26(18)31(29,30)19-10-2-1-3-11-19/h1-5,8,10-12,18H,6-7,9,13-15H2,(H,24,27)(H,25,28)/t18-/m1/s1. The van der Waals surface area contributed by atoms with Gasteiger partial charge in [0.1, 0.15) is 6.07 Å². The maximum atomic E-state index is 13.0. The van der Waals surface area contributed by atoms with E-state index >= 15 is 0 Å². The molecule has 1 aliphatic rings. The molecule has 2 aromatic rings. The van der Waals surface area contributed by atoms with Gasteiger partial charge >= 0.3 is 11.8 Å². The summed E-state index contributed by atoms with van der Waals surface area (Å²) < 4.78 is 27.5. The summed E-state index contributed by atoms with van der Waals surface area (Å²) in [7, 11) is -3.62. The zero-order chi connectivity index (χ0) is 22.3. The average Bonchev–Trinajstić information content (AvgIpc) is 2.80. The number of carbonyl (C=O) groups excluding carboxylic acids is 2. The zero-order valence-corrected chi connectivity index (χ0v) is 17.8. The van der Waals surface area contributed by atoms with Crippen LogP contribution in [0.1, 0.15) is 31.2 Å². The van der Waals surface area contributed by atoms with Crippen LogP contribution in [0, 0.1) is 11.3 Å². The lowest BCUT2D eigenvalue weighted by Crippen LogP contribution is -2.45. The van der Waals surface area contributed by atoms with Crippen molar-refractivity contribution in [1.29, 1.82) is 5.26 Å². The molecule has 162 valence electrons. The van der Waals surface area contributed by atoms with Gasteiger partial charge in [-0.3, -0.25) is 9.59 Å². The Morgan fingerprint density at radius 1 is 1.03 bits per heavy atom. The van der Waals surface area contributed by atoms with E-state index in [4.69, 9.17) is 5.26 Å². The van der Waals surface area contributed by atoms with E-state index in [1.807, 2.05) is 6.07 Å². The molecule has 9 heteroatoms. The van der Waals surface area contributed by atoms with Gasteiger partial charge in [0, 0.05) is 19.1 Å². The summed E-state index contributed by atoms with van der Waals surface area (Å²) in [6, 6.07) is 16.4. The summed E-state index contributed by atoms with van der Waals surface area (Å²) in [5.74, 6) is -1.71. The molecule has 1 atom stereocenters. The van der Waals surface area contributed by atoms with Crippen LogP contribution in [0.5, 0.6) is 0 Å². The van der Waals surface area contributed by atoms with Gasteiger partial charge in [-0.05, 0) is 43.5 Å². The van der Waals surface area contributed by atoms with E-state index in [1.54, 1.807) is 48.5 Å². The molecule has 1 saturated heterocycles. The molecule has 0 spiro atoms. The third-order valence-corrected chi connectivity index (χ3v) is 7.15. The molecule has 0 unspecified atom stereocenters. The number of benzene rings is 2. The molecule has 0 aliphatic carbocycles. The van der Waals surface area contributed by atoms with Gasteiger partial charge < -0.3 is 10.6 Å². The summed E-state index contributed by atoms with van der Waals surface area (Å²) in [6.45, 7) is 0.596. The minimum Gasteiger partial charge on any atom is -0.348 e. The van der Waals surface area contributed by atoms with Crippen molar-refractivity contribution in [3.05, 3.63) is 60.2 Å². The largest absolute Gasteiger partial charge is 0.348 e. The minimum absolute atomic E-state index is 0.164. The van der Waals surface area contributed by atoms with Crippen LogP contribution in [0.15, 0.2) is 59.5 Å². The van der Waals surface area contributed by atoms with Gasteiger partial charge in [0.2, 0.25) is 10.0 Å².